The van der Waals surface area contributed by atoms with Gasteiger partial charge in [0.15, 0.2) is 0 Å². The van der Waals surface area contributed by atoms with Crippen LogP contribution >= 0.6 is 0 Å². The molecule has 1 saturated heterocycles. The van der Waals surface area contributed by atoms with Crippen LogP contribution in [0, 0.1) is 0 Å². The SMILES string of the molecule is CCOC(=O)CN1CCN(C=O)CC1. The molecule has 14 heavy (non-hydrogen) atoms. The summed E-state index contributed by atoms with van der Waals surface area (Å²) in [7, 11) is 0. The lowest BCUT2D eigenvalue weighted by molar-refractivity contribution is -0.144. The molecule has 0 saturated carbocycles. The molecular formula is C9H16N2O3. The van der Waals surface area contributed by atoms with Gasteiger partial charge in [0.05, 0.1) is 13.2 Å². The number of hydrogen-bond donors (Lipinski definition) is 0. The molecule has 1 aliphatic heterocycles. The van der Waals surface area contributed by atoms with E-state index in [-0.39, 0.29) is 5.97 Å². The van der Waals surface area contributed by atoms with Crippen molar-refractivity contribution in [1.82, 2.24) is 9.80 Å². The Hall–Kier alpha value is -1.10. The number of ether oxygens (including phenoxy) is 1. The van der Waals surface area contributed by atoms with Gasteiger partial charge in [-0.15, -0.1) is 0 Å². The first-order chi connectivity index (χ1) is 6.76. The van der Waals surface area contributed by atoms with Crippen LogP contribution in [0.3, 0.4) is 0 Å². The predicted molar refractivity (Wildman–Crippen MR) is 50.7 cm³/mol. The van der Waals surface area contributed by atoms with Gasteiger partial charge in [-0.05, 0) is 6.92 Å². The Balaban J connectivity index is 2.21. The fraction of sp³-hybridized carbons (Fsp3) is 0.778. The first-order valence-corrected chi connectivity index (χ1v) is 4.83. The summed E-state index contributed by atoms with van der Waals surface area (Å²) >= 11 is 0. The van der Waals surface area contributed by atoms with E-state index in [1.807, 2.05) is 4.90 Å². The van der Waals surface area contributed by atoms with E-state index in [4.69, 9.17) is 4.74 Å². The smallest absolute Gasteiger partial charge is 0.320 e. The number of hydrogen-bond acceptors (Lipinski definition) is 4. The van der Waals surface area contributed by atoms with Gasteiger partial charge < -0.3 is 9.64 Å². The summed E-state index contributed by atoms with van der Waals surface area (Å²) in [4.78, 5) is 25.2. The third-order valence-corrected chi connectivity index (χ3v) is 2.21. The molecule has 1 rings (SSSR count). The highest BCUT2D eigenvalue weighted by molar-refractivity contribution is 5.71. The van der Waals surface area contributed by atoms with Crippen molar-refractivity contribution < 1.29 is 14.3 Å². The minimum absolute atomic E-state index is 0.188. The molecular weight excluding hydrogens is 184 g/mol. The van der Waals surface area contributed by atoms with Crippen molar-refractivity contribution in [1.29, 1.82) is 0 Å². The van der Waals surface area contributed by atoms with Gasteiger partial charge in [0.25, 0.3) is 0 Å². The molecule has 0 aromatic heterocycles. The van der Waals surface area contributed by atoms with Gasteiger partial charge in [-0.1, -0.05) is 0 Å². The molecule has 0 aromatic carbocycles. The van der Waals surface area contributed by atoms with E-state index in [1.165, 1.54) is 0 Å². The van der Waals surface area contributed by atoms with Crippen LogP contribution in [-0.2, 0) is 14.3 Å². The summed E-state index contributed by atoms with van der Waals surface area (Å²) < 4.78 is 4.83. The van der Waals surface area contributed by atoms with Crippen LogP contribution < -0.4 is 0 Å². The lowest BCUT2D eigenvalue weighted by Crippen LogP contribution is -2.47. The molecule has 1 aliphatic rings. The Morgan fingerprint density at radius 3 is 2.50 bits per heavy atom. The molecule has 0 unspecified atom stereocenters. The van der Waals surface area contributed by atoms with Crippen molar-refractivity contribution >= 4 is 12.4 Å². The topological polar surface area (TPSA) is 49.9 Å². The minimum Gasteiger partial charge on any atom is -0.465 e. The van der Waals surface area contributed by atoms with Gasteiger partial charge in [-0.25, -0.2) is 0 Å². The molecule has 0 radical (unpaired) electrons. The van der Waals surface area contributed by atoms with Crippen LogP contribution in [0.2, 0.25) is 0 Å². The van der Waals surface area contributed by atoms with Crippen molar-refractivity contribution in [3.8, 4) is 0 Å². The predicted octanol–water partition coefficient (Wildman–Crippen LogP) is -0.676. The summed E-state index contributed by atoms with van der Waals surface area (Å²) in [5, 5.41) is 0. The van der Waals surface area contributed by atoms with Crippen molar-refractivity contribution in [2.24, 2.45) is 0 Å². The average molecular weight is 200 g/mol. The van der Waals surface area contributed by atoms with Crippen molar-refractivity contribution in [3.05, 3.63) is 0 Å². The van der Waals surface area contributed by atoms with Gasteiger partial charge in [0, 0.05) is 26.2 Å². The molecule has 0 aliphatic carbocycles. The quantitative estimate of drug-likeness (QED) is 0.446. The molecule has 1 heterocycles. The number of piperazine rings is 1. The van der Waals surface area contributed by atoms with Crippen molar-refractivity contribution in [3.63, 3.8) is 0 Å². The second-order valence-electron chi connectivity index (χ2n) is 3.22. The van der Waals surface area contributed by atoms with Crippen LogP contribution in [0.1, 0.15) is 6.92 Å². The van der Waals surface area contributed by atoms with E-state index in [0.717, 1.165) is 19.5 Å². The van der Waals surface area contributed by atoms with Gasteiger partial charge >= 0.3 is 5.97 Å². The Morgan fingerprint density at radius 1 is 1.36 bits per heavy atom. The van der Waals surface area contributed by atoms with Crippen LogP contribution in [0.5, 0.6) is 0 Å². The monoisotopic (exact) mass is 200 g/mol. The number of carbonyl (C=O) groups is 2. The summed E-state index contributed by atoms with van der Waals surface area (Å²) in [5.74, 6) is -0.188. The third-order valence-electron chi connectivity index (χ3n) is 2.21. The first-order valence-electron chi connectivity index (χ1n) is 4.83. The number of esters is 1. The summed E-state index contributed by atoms with van der Waals surface area (Å²) in [6, 6.07) is 0. The zero-order chi connectivity index (χ0) is 10.4. The first kappa shape index (κ1) is 11.0. The Bertz CT molecular complexity index is 200. The van der Waals surface area contributed by atoms with Crippen molar-refractivity contribution in [2.75, 3.05) is 39.3 Å². The van der Waals surface area contributed by atoms with E-state index >= 15 is 0 Å². The zero-order valence-corrected chi connectivity index (χ0v) is 8.44. The number of rotatable bonds is 4. The highest BCUT2D eigenvalue weighted by Gasteiger charge is 2.17. The Morgan fingerprint density at radius 2 is 2.00 bits per heavy atom. The highest BCUT2D eigenvalue weighted by Crippen LogP contribution is 1.99. The largest absolute Gasteiger partial charge is 0.465 e. The van der Waals surface area contributed by atoms with Crippen LogP contribution in [0.15, 0.2) is 0 Å². The summed E-state index contributed by atoms with van der Waals surface area (Å²) in [6.45, 7) is 5.44. The number of nitrogens with zero attached hydrogens (tertiary/aromatic N) is 2. The molecule has 0 bridgehead atoms. The maximum atomic E-state index is 11.1. The van der Waals surface area contributed by atoms with Crippen LogP contribution in [0.4, 0.5) is 0 Å². The number of amides is 1. The molecule has 0 atom stereocenters. The fourth-order valence-electron chi connectivity index (χ4n) is 1.42. The van der Waals surface area contributed by atoms with E-state index < -0.39 is 0 Å². The maximum absolute atomic E-state index is 11.1. The highest BCUT2D eigenvalue weighted by atomic mass is 16.5. The van der Waals surface area contributed by atoms with E-state index in [0.29, 0.717) is 26.2 Å². The average Bonchev–Trinajstić information content (AvgIpc) is 2.19. The molecule has 1 amide bonds. The summed E-state index contributed by atoms with van der Waals surface area (Å²) in [6.07, 6.45) is 0.849. The molecule has 0 aromatic rings. The van der Waals surface area contributed by atoms with E-state index in [1.54, 1.807) is 11.8 Å². The molecule has 1 fully saturated rings. The van der Waals surface area contributed by atoms with Gasteiger partial charge in [-0.2, -0.15) is 0 Å². The van der Waals surface area contributed by atoms with Gasteiger partial charge in [-0.3, -0.25) is 14.5 Å². The van der Waals surface area contributed by atoms with Crippen LogP contribution in [0.25, 0.3) is 0 Å². The Kier molecular flexibility index (Phi) is 4.39. The maximum Gasteiger partial charge on any atom is 0.320 e. The lowest BCUT2D eigenvalue weighted by Gasteiger charge is -2.31. The molecule has 5 nitrogen and oxygen atoms in total. The lowest BCUT2D eigenvalue weighted by atomic mass is 10.3. The normalized spacial score (nSPS) is 17.9. The standard InChI is InChI=1S/C9H16N2O3/c1-2-14-9(13)7-10-3-5-11(8-12)6-4-10/h8H,2-7H2,1H3. The van der Waals surface area contributed by atoms with Gasteiger partial charge in [0.2, 0.25) is 6.41 Å². The van der Waals surface area contributed by atoms with E-state index in [2.05, 4.69) is 0 Å². The second kappa shape index (κ2) is 5.59. The minimum atomic E-state index is -0.188. The number of carbonyl (C=O) groups excluding carboxylic acids is 2. The molecule has 0 N–H and O–H groups in total. The second-order valence-corrected chi connectivity index (χ2v) is 3.22. The van der Waals surface area contributed by atoms with Crippen molar-refractivity contribution in [2.45, 2.75) is 6.92 Å². The molecule has 80 valence electrons. The third kappa shape index (κ3) is 3.33. The van der Waals surface area contributed by atoms with E-state index in [9.17, 15) is 9.59 Å². The molecule has 0 spiro atoms. The summed E-state index contributed by atoms with van der Waals surface area (Å²) in [5.41, 5.74) is 0. The fourth-order valence-corrected chi connectivity index (χ4v) is 1.42. The molecule has 5 heteroatoms. The zero-order valence-electron chi connectivity index (χ0n) is 8.44. The van der Waals surface area contributed by atoms with Crippen LogP contribution in [-0.4, -0.2) is 61.5 Å². The van der Waals surface area contributed by atoms with Gasteiger partial charge in [0.1, 0.15) is 0 Å². The Labute approximate surface area is 83.6 Å².